The molecular weight excluding hydrogens is 176 g/mol. The molecule has 0 aliphatic carbocycles. The molecule has 1 aliphatic heterocycles. The minimum Gasteiger partial charge on any atom is -0.341 e. The average Bonchev–Trinajstić information content (AvgIpc) is 2.16. The van der Waals surface area contributed by atoms with Crippen molar-refractivity contribution in [1.82, 2.24) is 4.90 Å². The zero-order chi connectivity index (χ0) is 10.7. The number of rotatable bonds is 2. The number of carbonyl (C=O) groups excluding carboxylic acids is 1. The topological polar surface area (TPSA) is 46.3 Å². The Bertz CT molecular complexity index is 225. The highest BCUT2D eigenvalue weighted by Gasteiger charge is 2.25. The molecule has 0 aromatic rings. The van der Waals surface area contributed by atoms with Crippen LogP contribution in [-0.2, 0) is 4.79 Å². The van der Waals surface area contributed by atoms with Gasteiger partial charge in [0.15, 0.2) is 0 Å². The Morgan fingerprint density at radius 1 is 1.43 bits per heavy atom. The van der Waals surface area contributed by atoms with Crippen LogP contribution >= 0.6 is 0 Å². The Morgan fingerprint density at radius 3 is 2.36 bits per heavy atom. The average molecular weight is 196 g/mol. The van der Waals surface area contributed by atoms with E-state index in [9.17, 15) is 4.79 Å². The summed E-state index contributed by atoms with van der Waals surface area (Å²) in [5, 5.41) is 0. The maximum absolute atomic E-state index is 11.8. The molecule has 0 bridgehead atoms. The first-order valence-electron chi connectivity index (χ1n) is 5.23. The summed E-state index contributed by atoms with van der Waals surface area (Å²) in [6.45, 7) is 9.45. The highest BCUT2D eigenvalue weighted by molar-refractivity contribution is 5.82. The summed E-state index contributed by atoms with van der Waals surface area (Å²) in [6.07, 6.45) is 1.85. The Morgan fingerprint density at radius 2 is 1.93 bits per heavy atom. The fourth-order valence-corrected chi connectivity index (χ4v) is 1.54. The monoisotopic (exact) mass is 196 g/mol. The van der Waals surface area contributed by atoms with Crippen LogP contribution < -0.4 is 5.73 Å². The molecule has 1 rings (SSSR count). The lowest BCUT2D eigenvalue weighted by Crippen LogP contribution is -2.48. The molecule has 3 heteroatoms. The van der Waals surface area contributed by atoms with Crippen LogP contribution in [0.5, 0.6) is 0 Å². The van der Waals surface area contributed by atoms with Crippen LogP contribution in [0.15, 0.2) is 12.2 Å². The van der Waals surface area contributed by atoms with Crippen molar-refractivity contribution in [3.63, 3.8) is 0 Å². The quantitative estimate of drug-likeness (QED) is 0.673. The van der Waals surface area contributed by atoms with Crippen molar-refractivity contribution in [2.24, 2.45) is 11.7 Å². The number of carbonyl (C=O) groups is 1. The van der Waals surface area contributed by atoms with Crippen molar-refractivity contribution in [1.29, 1.82) is 0 Å². The van der Waals surface area contributed by atoms with E-state index in [0.29, 0.717) is 0 Å². The highest BCUT2D eigenvalue weighted by Crippen LogP contribution is 2.15. The Hall–Kier alpha value is -0.830. The molecule has 0 aromatic carbocycles. The third-order valence-electron chi connectivity index (χ3n) is 2.79. The SMILES string of the molecule is C=C1CCN(C(=O)C(N)C(C)C)CC1. The van der Waals surface area contributed by atoms with Crippen LogP contribution in [0.1, 0.15) is 26.7 Å². The van der Waals surface area contributed by atoms with Gasteiger partial charge in [-0.3, -0.25) is 4.79 Å². The maximum Gasteiger partial charge on any atom is 0.239 e. The smallest absolute Gasteiger partial charge is 0.239 e. The Labute approximate surface area is 86.0 Å². The second-order valence-corrected chi connectivity index (χ2v) is 4.35. The molecule has 1 aliphatic rings. The van der Waals surface area contributed by atoms with Gasteiger partial charge in [0.05, 0.1) is 6.04 Å². The van der Waals surface area contributed by atoms with Crippen molar-refractivity contribution < 1.29 is 4.79 Å². The standard InChI is InChI=1S/C11H20N2O/c1-8(2)10(12)11(14)13-6-4-9(3)5-7-13/h8,10H,3-7,12H2,1-2H3. The van der Waals surface area contributed by atoms with E-state index in [0.717, 1.165) is 25.9 Å². The first kappa shape index (κ1) is 11.2. The van der Waals surface area contributed by atoms with Crippen molar-refractivity contribution in [3.8, 4) is 0 Å². The molecular formula is C11H20N2O. The van der Waals surface area contributed by atoms with Crippen LogP contribution in [0.4, 0.5) is 0 Å². The second kappa shape index (κ2) is 4.60. The van der Waals surface area contributed by atoms with Gasteiger partial charge in [0.25, 0.3) is 0 Å². The van der Waals surface area contributed by atoms with Crippen LogP contribution in [0, 0.1) is 5.92 Å². The zero-order valence-electron chi connectivity index (χ0n) is 9.12. The Balaban J connectivity index is 2.49. The van der Waals surface area contributed by atoms with E-state index in [1.807, 2.05) is 18.7 Å². The molecule has 1 atom stereocenters. The van der Waals surface area contributed by atoms with Crippen molar-refractivity contribution in [2.75, 3.05) is 13.1 Å². The summed E-state index contributed by atoms with van der Waals surface area (Å²) in [5.41, 5.74) is 7.05. The number of nitrogens with two attached hydrogens (primary N) is 1. The van der Waals surface area contributed by atoms with E-state index in [1.54, 1.807) is 0 Å². The molecule has 1 saturated heterocycles. The number of likely N-dealkylation sites (tertiary alicyclic amines) is 1. The van der Waals surface area contributed by atoms with Gasteiger partial charge >= 0.3 is 0 Å². The van der Waals surface area contributed by atoms with E-state index in [4.69, 9.17) is 5.73 Å². The minimum absolute atomic E-state index is 0.0903. The molecule has 0 spiro atoms. The minimum atomic E-state index is -0.346. The molecule has 0 aromatic heterocycles. The maximum atomic E-state index is 11.8. The predicted octanol–water partition coefficient (Wildman–Crippen LogP) is 1.15. The summed E-state index contributed by atoms with van der Waals surface area (Å²) in [7, 11) is 0. The lowest BCUT2D eigenvalue weighted by atomic mass is 10.0. The van der Waals surface area contributed by atoms with Gasteiger partial charge in [-0.2, -0.15) is 0 Å². The van der Waals surface area contributed by atoms with Gasteiger partial charge in [0.1, 0.15) is 0 Å². The van der Waals surface area contributed by atoms with Gasteiger partial charge in [0.2, 0.25) is 5.91 Å². The van der Waals surface area contributed by atoms with Gasteiger partial charge in [-0.15, -0.1) is 0 Å². The fraction of sp³-hybridized carbons (Fsp3) is 0.727. The van der Waals surface area contributed by atoms with Crippen LogP contribution in [0.25, 0.3) is 0 Å². The molecule has 2 N–H and O–H groups in total. The van der Waals surface area contributed by atoms with Crippen LogP contribution in [0.3, 0.4) is 0 Å². The van der Waals surface area contributed by atoms with Gasteiger partial charge in [-0.05, 0) is 18.8 Å². The fourth-order valence-electron chi connectivity index (χ4n) is 1.54. The lowest BCUT2D eigenvalue weighted by Gasteiger charge is -2.31. The van der Waals surface area contributed by atoms with E-state index >= 15 is 0 Å². The van der Waals surface area contributed by atoms with Crippen molar-refractivity contribution >= 4 is 5.91 Å². The zero-order valence-corrected chi connectivity index (χ0v) is 9.12. The molecule has 80 valence electrons. The summed E-state index contributed by atoms with van der Waals surface area (Å²) in [6, 6.07) is -0.346. The van der Waals surface area contributed by atoms with E-state index < -0.39 is 0 Å². The summed E-state index contributed by atoms with van der Waals surface area (Å²) < 4.78 is 0. The van der Waals surface area contributed by atoms with Gasteiger partial charge in [0, 0.05) is 13.1 Å². The molecule has 1 amide bonds. The molecule has 1 fully saturated rings. The second-order valence-electron chi connectivity index (χ2n) is 4.35. The van der Waals surface area contributed by atoms with E-state index in [2.05, 4.69) is 6.58 Å². The molecule has 0 radical (unpaired) electrons. The predicted molar refractivity (Wildman–Crippen MR) is 57.8 cm³/mol. The first-order chi connectivity index (χ1) is 6.52. The first-order valence-corrected chi connectivity index (χ1v) is 5.23. The van der Waals surface area contributed by atoms with Crippen LogP contribution in [-0.4, -0.2) is 29.9 Å². The Kier molecular flexibility index (Phi) is 3.69. The third kappa shape index (κ3) is 2.58. The molecule has 3 nitrogen and oxygen atoms in total. The largest absolute Gasteiger partial charge is 0.341 e. The molecule has 1 heterocycles. The number of hydrogen-bond donors (Lipinski definition) is 1. The lowest BCUT2D eigenvalue weighted by molar-refractivity contribution is -0.134. The number of amides is 1. The van der Waals surface area contributed by atoms with Crippen LogP contribution in [0.2, 0.25) is 0 Å². The molecule has 1 unspecified atom stereocenters. The van der Waals surface area contributed by atoms with Gasteiger partial charge < -0.3 is 10.6 Å². The summed E-state index contributed by atoms with van der Waals surface area (Å²) in [4.78, 5) is 13.7. The number of piperidine rings is 1. The highest BCUT2D eigenvalue weighted by atomic mass is 16.2. The van der Waals surface area contributed by atoms with E-state index in [1.165, 1.54) is 5.57 Å². The molecule has 14 heavy (non-hydrogen) atoms. The number of nitrogens with zero attached hydrogens (tertiary/aromatic N) is 1. The van der Waals surface area contributed by atoms with E-state index in [-0.39, 0.29) is 17.9 Å². The summed E-state index contributed by atoms with van der Waals surface area (Å²) >= 11 is 0. The third-order valence-corrected chi connectivity index (χ3v) is 2.79. The normalized spacial score (nSPS) is 20.0. The molecule has 0 saturated carbocycles. The van der Waals surface area contributed by atoms with Crippen molar-refractivity contribution in [3.05, 3.63) is 12.2 Å². The van der Waals surface area contributed by atoms with Gasteiger partial charge in [-0.25, -0.2) is 0 Å². The van der Waals surface area contributed by atoms with Crippen molar-refractivity contribution in [2.45, 2.75) is 32.7 Å². The van der Waals surface area contributed by atoms with Gasteiger partial charge in [-0.1, -0.05) is 26.0 Å². The number of hydrogen-bond acceptors (Lipinski definition) is 2. The summed E-state index contributed by atoms with van der Waals surface area (Å²) in [5.74, 6) is 0.306.